The van der Waals surface area contributed by atoms with Gasteiger partial charge in [-0.2, -0.15) is 0 Å². The fourth-order valence-electron chi connectivity index (χ4n) is 4.15. The minimum atomic E-state index is -0.786. The number of aryl methyl sites for hydroxylation is 2. The Morgan fingerprint density at radius 2 is 1.88 bits per heavy atom. The van der Waals surface area contributed by atoms with Crippen LogP contribution in [0.15, 0.2) is 72.8 Å². The molecule has 0 bridgehead atoms. The van der Waals surface area contributed by atoms with E-state index >= 15 is 0 Å². The highest BCUT2D eigenvalue weighted by Crippen LogP contribution is 2.31. The van der Waals surface area contributed by atoms with Crippen molar-refractivity contribution in [3.05, 3.63) is 95.2 Å². The molecule has 0 radical (unpaired) electrons. The Morgan fingerprint density at radius 1 is 1.06 bits per heavy atom. The summed E-state index contributed by atoms with van der Waals surface area (Å²) >= 11 is 0. The summed E-state index contributed by atoms with van der Waals surface area (Å²) in [6.45, 7) is 4.84. The summed E-state index contributed by atoms with van der Waals surface area (Å²) in [6, 6.07) is 24.7. The lowest BCUT2D eigenvalue weighted by molar-refractivity contribution is -0.136. The molecule has 4 aromatic rings. The Hall–Kier alpha value is -3.70. The van der Waals surface area contributed by atoms with Gasteiger partial charge in [0, 0.05) is 30.0 Å². The molecule has 0 spiro atoms. The van der Waals surface area contributed by atoms with Crippen LogP contribution in [-0.2, 0) is 17.8 Å². The van der Waals surface area contributed by atoms with E-state index in [0.29, 0.717) is 13.0 Å². The van der Waals surface area contributed by atoms with Gasteiger partial charge in [-0.1, -0.05) is 48.5 Å². The van der Waals surface area contributed by atoms with E-state index in [2.05, 4.69) is 54.7 Å². The first-order valence-electron chi connectivity index (χ1n) is 11.5. The number of nitrogens with zero attached hydrogens (tertiary/aromatic N) is 1. The molecule has 0 saturated carbocycles. The van der Waals surface area contributed by atoms with Gasteiger partial charge in [-0.05, 0) is 66.6 Å². The first-order valence-corrected chi connectivity index (χ1v) is 11.5. The number of aliphatic carboxylic acids is 1. The maximum absolute atomic E-state index is 11.1. The van der Waals surface area contributed by atoms with Crippen molar-refractivity contribution in [2.45, 2.75) is 39.3 Å². The molecule has 174 valence electrons. The lowest BCUT2D eigenvalue weighted by Gasteiger charge is -2.17. The Kier molecular flexibility index (Phi) is 7.24. The van der Waals surface area contributed by atoms with Gasteiger partial charge in [0.1, 0.15) is 5.75 Å². The zero-order valence-corrected chi connectivity index (χ0v) is 19.8. The number of ether oxygens (including phenoxy) is 1. The molecule has 1 unspecified atom stereocenters. The van der Waals surface area contributed by atoms with Gasteiger partial charge in [0.25, 0.3) is 0 Å². The van der Waals surface area contributed by atoms with Gasteiger partial charge in [0.2, 0.25) is 0 Å². The predicted molar refractivity (Wildman–Crippen MR) is 136 cm³/mol. The third-order valence-electron chi connectivity index (χ3n) is 6.18. The molecule has 1 atom stereocenters. The Labute approximate surface area is 200 Å². The van der Waals surface area contributed by atoms with Gasteiger partial charge in [-0.15, -0.1) is 0 Å². The molecule has 1 heterocycles. The molecule has 3 aromatic carbocycles. The molecule has 0 saturated heterocycles. The molecule has 1 aromatic heterocycles. The zero-order valence-electron chi connectivity index (χ0n) is 19.8. The lowest BCUT2D eigenvalue weighted by Crippen LogP contribution is -2.19. The Balaban J connectivity index is 1.67. The summed E-state index contributed by atoms with van der Waals surface area (Å²) < 4.78 is 5.33. The number of benzene rings is 3. The molecular formula is C29H30N2O3. The van der Waals surface area contributed by atoms with Gasteiger partial charge >= 0.3 is 5.97 Å². The Bertz CT molecular complexity index is 1320. The molecule has 5 nitrogen and oxygen atoms in total. The van der Waals surface area contributed by atoms with Crippen LogP contribution in [0.25, 0.3) is 22.0 Å². The fraction of sp³-hybridized carbons (Fsp3) is 0.241. The number of hydrogen-bond acceptors (Lipinski definition) is 4. The summed E-state index contributed by atoms with van der Waals surface area (Å²) in [6.07, 6.45) is 0.620. The zero-order chi connectivity index (χ0) is 24.1. The number of aromatic nitrogens is 1. The fourth-order valence-corrected chi connectivity index (χ4v) is 4.15. The molecule has 0 aliphatic carbocycles. The van der Waals surface area contributed by atoms with Crippen LogP contribution in [0, 0.1) is 6.92 Å². The minimum Gasteiger partial charge on any atom is -0.497 e. The van der Waals surface area contributed by atoms with Crippen molar-refractivity contribution < 1.29 is 14.6 Å². The smallest absolute Gasteiger partial charge is 0.303 e. The van der Waals surface area contributed by atoms with E-state index in [4.69, 9.17) is 14.8 Å². The minimum absolute atomic E-state index is 0.0338. The number of fused-ring (bicyclic) bond motifs is 1. The van der Waals surface area contributed by atoms with Crippen LogP contribution in [0.3, 0.4) is 0 Å². The normalized spacial score (nSPS) is 12.0. The summed E-state index contributed by atoms with van der Waals surface area (Å²) in [5.74, 6) is 0.0578. The van der Waals surface area contributed by atoms with E-state index in [0.717, 1.165) is 50.2 Å². The lowest BCUT2D eigenvalue weighted by atomic mass is 9.96. The van der Waals surface area contributed by atoms with Gasteiger partial charge in [-0.25, -0.2) is 0 Å². The second-order valence-electron chi connectivity index (χ2n) is 8.61. The number of carbonyl (C=O) groups is 1. The van der Waals surface area contributed by atoms with E-state index < -0.39 is 5.97 Å². The van der Waals surface area contributed by atoms with Crippen molar-refractivity contribution in [2.75, 3.05) is 7.11 Å². The van der Waals surface area contributed by atoms with Crippen molar-refractivity contribution in [1.29, 1.82) is 0 Å². The highest BCUT2D eigenvalue weighted by Gasteiger charge is 2.14. The van der Waals surface area contributed by atoms with Gasteiger partial charge in [0.15, 0.2) is 0 Å². The molecule has 34 heavy (non-hydrogen) atoms. The van der Waals surface area contributed by atoms with E-state index in [9.17, 15) is 4.79 Å². The second kappa shape index (κ2) is 10.5. The molecule has 0 aliphatic rings. The second-order valence-corrected chi connectivity index (χ2v) is 8.61. The summed E-state index contributed by atoms with van der Waals surface area (Å²) in [5, 5.41) is 14.9. The van der Waals surface area contributed by atoms with E-state index in [1.807, 2.05) is 37.3 Å². The number of methoxy groups -OCH3 is 1. The van der Waals surface area contributed by atoms with Gasteiger partial charge < -0.3 is 15.2 Å². The average Bonchev–Trinajstić information content (AvgIpc) is 2.86. The number of carboxylic acids is 1. The largest absolute Gasteiger partial charge is 0.497 e. The maximum Gasteiger partial charge on any atom is 0.303 e. The van der Waals surface area contributed by atoms with Crippen LogP contribution in [0.5, 0.6) is 5.75 Å². The van der Waals surface area contributed by atoms with Crippen LogP contribution in [-0.4, -0.2) is 23.2 Å². The molecule has 0 amide bonds. The van der Waals surface area contributed by atoms with Crippen molar-refractivity contribution in [3.8, 4) is 17.0 Å². The third kappa shape index (κ3) is 5.43. The van der Waals surface area contributed by atoms with E-state index in [-0.39, 0.29) is 12.5 Å². The first-order chi connectivity index (χ1) is 16.4. The molecule has 4 rings (SSSR count). The molecule has 0 aliphatic heterocycles. The maximum atomic E-state index is 11.1. The molecule has 2 N–H and O–H groups in total. The van der Waals surface area contributed by atoms with E-state index in [1.54, 1.807) is 7.11 Å². The highest BCUT2D eigenvalue weighted by atomic mass is 16.5. The van der Waals surface area contributed by atoms with Crippen LogP contribution < -0.4 is 10.1 Å². The molecule has 5 heteroatoms. The van der Waals surface area contributed by atoms with Gasteiger partial charge in [-0.3, -0.25) is 9.78 Å². The molecular weight excluding hydrogens is 424 g/mol. The van der Waals surface area contributed by atoms with Crippen LogP contribution >= 0.6 is 0 Å². The van der Waals surface area contributed by atoms with Crippen LogP contribution in [0.1, 0.15) is 41.8 Å². The van der Waals surface area contributed by atoms with Crippen LogP contribution in [0.4, 0.5) is 0 Å². The Morgan fingerprint density at radius 3 is 2.68 bits per heavy atom. The SMILES string of the molecule is COc1cccc(CNC(C)c2cc3ccccc3c(-c3ccc(C)c(CCC(=O)O)c3)n2)c1. The number of carboxylic acid groups (broad SMARTS) is 1. The summed E-state index contributed by atoms with van der Waals surface area (Å²) in [7, 11) is 1.67. The number of pyridine rings is 1. The average molecular weight is 455 g/mol. The standard InChI is InChI=1S/C29H30N2O3/c1-19-11-12-24(16-22(19)13-14-28(32)33)29-26-10-5-4-8-23(26)17-27(31-29)20(2)30-18-21-7-6-9-25(15-21)34-3/h4-12,15-17,20,30H,13-14,18H2,1-3H3,(H,32,33). The predicted octanol–water partition coefficient (Wildman–Crippen LogP) is 6.09. The highest BCUT2D eigenvalue weighted by molar-refractivity contribution is 5.95. The monoisotopic (exact) mass is 454 g/mol. The van der Waals surface area contributed by atoms with Crippen molar-refractivity contribution in [2.24, 2.45) is 0 Å². The van der Waals surface area contributed by atoms with Crippen LogP contribution in [0.2, 0.25) is 0 Å². The topological polar surface area (TPSA) is 71.5 Å². The summed E-state index contributed by atoms with van der Waals surface area (Å²) in [5.41, 5.74) is 6.17. The van der Waals surface area contributed by atoms with Crippen molar-refractivity contribution in [1.82, 2.24) is 10.3 Å². The number of nitrogens with one attached hydrogen (secondary N) is 1. The van der Waals surface area contributed by atoms with E-state index in [1.165, 1.54) is 0 Å². The van der Waals surface area contributed by atoms with Gasteiger partial charge in [0.05, 0.1) is 18.5 Å². The summed E-state index contributed by atoms with van der Waals surface area (Å²) in [4.78, 5) is 16.2. The quantitative estimate of drug-likeness (QED) is 0.320. The number of rotatable bonds is 9. The first kappa shape index (κ1) is 23.5. The number of hydrogen-bond donors (Lipinski definition) is 2. The molecule has 0 fully saturated rings. The van der Waals surface area contributed by atoms with Crippen molar-refractivity contribution >= 4 is 16.7 Å². The third-order valence-corrected chi connectivity index (χ3v) is 6.18. The van der Waals surface area contributed by atoms with Crippen molar-refractivity contribution in [3.63, 3.8) is 0 Å².